The first-order valence-electron chi connectivity index (χ1n) is 7.41. The van der Waals surface area contributed by atoms with Crippen molar-refractivity contribution in [1.82, 2.24) is 0 Å². The second-order valence-electron chi connectivity index (χ2n) is 5.62. The molecule has 0 bridgehead atoms. The molecule has 1 aliphatic rings. The van der Waals surface area contributed by atoms with Crippen LogP contribution in [0.4, 0.5) is 0 Å². The number of benzene rings is 1. The molecule has 1 aromatic carbocycles. The Morgan fingerprint density at radius 2 is 1.90 bits per heavy atom. The molecule has 0 radical (unpaired) electrons. The van der Waals surface area contributed by atoms with E-state index in [2.05, 4.69) is 0 Å². The van der Waals surface area contributed by atoms with Crippen LogP contribution < -0.4 is 4.90 Å². The maximum Gasteiger partial charge on any atom is 0.310 e. The number of piperidine rings is 1. The zero-order valence-electron chi connectivity index (χ0n) is 12.0. The van der Waals surface area contributed by atoms with Crippen molar-refractivity contribution in [3.05, 3.63) is 34.9 Å². The van der Waals surface area contributed by atoms with Gasteiger partial charge in [0.05, 0.1) is 19.5 Å². The lowest BCUT2D eigenvalue weighted by molar-refractivity contribution is -0.907. The van der Waals surface area contributed by atoms with Crippen LogP contribution in [0.2, 0.25) is 5.02 Å². The highest BCUT2D eigenvalue weighted by molar-refractivity contribution is 6.30. The van der Waals surface area contributed by atoms with Gasteiger partial charge in [0.25, 0.3) is 0 Å². The Bertz CT molecular complexity index is 427. The van der Waals surface area contributed by atoms with E-state index in [9.17, 15) is 4.79 Å². The number of quaternary nitrogens is 1. The fourth-order valence-electron chi connectivity index (χ4n) is 2.74. The van der Waals surface area contributed by atoms with Gasteiger partial charge in [-0.25, -0.2) is 0 Å². The van der Waals surface area contributed by atoms with Gasteiger partial charge >= 0.3 is 5.97 Å². The number of carbonyl (C=O) groups excluding carboxylic acids is 1. The van der Waals surface area contributed by atoms with Gasteiger partial charge in [0.15, 0.2) is 0 Å². The molecular formula is C16H23ClNO2+. The van der Waals surface area contributed by atoms with E-state index in [-0.39, 0.29) is 12.1 Å². The summed E-state index contributed by atoms with van der Waals surface area (Å²) in [6.45, 7) is 5.33. The summed E-state index contributed by atoms with van der Waals surface area (Å²) in [4.78, 5) is 13.4. The van der Waals surface area contributed by atoms with E-state index in [0.717, 1.165) is 12.1 Å². The summed E-state index contributed by atoms with van der Waals surface area (Å²) >= 11 is 5.82. The number of nitrogens with one attached hydrogen (secondary N) is 1. The first kappa shape index (κ1) is 15.3. The minimum absolute atomic E-state index is 0.0112. The maximum absolute atomic E-state index is 11.9. The third-order valence-corrected chi connectivity index (χ3v) is 3.98. The molecule has 1 aromatic rings. The van der Waals surface area contributed by atoms with Gasteiger partial charge in [-0.2, -0.15) is 0 Å². The summed E-state index contributed by atoms with van der Waals surface area (Å²) in [5.41, 5.74) is 0.942. The van der Waals surface area contributed by atoms with Crippen molar-refractivity contribution >= 4 is 17.6 Å². The third kappa shape index (κ3) is 5.14. The van der Waals surface area contributed by atoms with E-state index >= 15 is 0 Å². The Balaban J connectivity index is 1.74. The number of rotatable bonds is 5. The second-order valence-corrected chi connectivity index (χ2v) is 6.05. The minimum Gasteiger partial charge on any atom is -0.456 e. The SMILES string of the molecule is C[C@@H](C[NH+]1CCCCC1)OC(=O)Cc1ccc(Cl)cc1. The van der Waals surface area contributed by atoms with E-state index in [1.165, 1.54) is 32.4 Å². The van der Waals surface area contributed by atoms with Crippen molar-refractivity contribution in [3.63, 3.8) is 0 Å². The number of halogens is 1. The molecule has 1 atom stereocenters. The molecule has 0 amide bonds. The number of hydrogen-bond donors (Lipinski definition) is 1. The molecule has 20 heavy (non-hydrogen) atoms. The minimum atomic E-state index is -0.156. The van der Waals surface area contributed by atoms with Gasteiger partial charge in [0, 0.05) is 5.02 Å². The molecule has 0 spiro atoms. The van der Waals surface area contributed by atoms with Crippen molar-refractivity contribution in [2.75, 3.05) is 19.6 Å². The smallest absolute Gasteiger partial charge is 0.310 e. The van der Waals surface area contributed by atoms with Crippen LogP contribution in [0.3, 0.4) is 0 Å². The summed E-state index contributed by atoms with van der Waals surface area (Å²) in [6, 6.07) is 7.32. The summed E-state index contributed by atoms with van der Waals surface area (Å²) in [6.07, 6.45) is 4.23. The zero-order valence-corrected chi connectivity index (χ0v) is 12.8. The molecule has 1 heterocycles. The molecule has 0 unspecified atom stereocenters. The highest BCUT2D eigenvalue weighted by Gasteiger charge is 2.19. The maximum atomic E-state index is 11.9. The lowest BCUT2D eigenvalue weighted by Crippen LogP contribution is -3.13. The van der Waals surface area contributed by atoms with Crippen molar-refractivity contribution in [2.45, 2.75) is 38.7 Å². The van der Waals surface area contributed by atoms with Crippen molar-refractivity contribution in [3.8, 4) is 0 Å². The topological polar surface area (TPSA) is 30.7 Å². The van der Waals surface area contributed by atoms with Gasteiger partial charge in [-0.05, 0) is 43.9 Å². The van der Waals surface area contributed by atoms with Crippen molar-refractivity contribution in [1.29, 1.82) is 0 Å². The average molecular weight is 297 g/mol. The molecule has 1 fully saturated rings. The van der Waals surface area contributed by atoms with E-state index in [1.807, 2.05) is 19.1 Å². The monoisotopic (exact) mass is 296 g/mol. The molecule has 0 saturated carbocycles. The van der Waals surface area contributed by atoms with Crippen LogP contribution in [-0.2, 0) is 16.0 Å². The number of ether oxygens (including phenoxy) is 1. The molecular weight excluding hydrogens is 274 g/mol. The Kier molecular flexibility index (Phi) is 5.86. The standard InChI is InChI=1S/C16H22ClNO2/c1-13(12-18-9-3-2-4-10-18)20-16(19)11-14-5-7-15(17)8-6-14/h5-8,13H,2-4,9-12H2,1H3/p+1/t13-/m0/s1. The van der Waals surface area contributed by atoms with Gasteiger partial charge < -0.3 is 9.64 Å². The second kappa shape index (κ2) is 7.65. The molecule has 2 rings (SSSR count). The third-order valence-electron chi connectivity index (χ3n) is 3.73. The van der Waals surface area contributed by atoms with Crippen LogP contribution in [0, 0.1) is 0 Å². The molecule has 4 heteroatoms. The number of hydrogen-bond acceptors (Lipinski definition) is 2. The van der Waals surface area contributed by atoms with Gasteiger partial charge in [0.1, 0.15) is 12.6 Å². The Morgan fingerprint density at radius 1 is 1.25 bits per heavy atom. The summed E-state index contributed by atoms with van der Waals surface area (Å²) in [7, 11) is 0. The molecule has 1 N–H and O–H groups in total. The molecule has 3 nitrogen and oxygen atoms in total. The van der Waals surface area contributed by atoms with Gasteiger partial charge in [-0.15, -0.1) is 0 Å². The van der Waals surface area contributed by atoms with E-state index in [0.29, 0.717) is 11.4 Å². The quantitative estimate of drug-likeness (QED) is 0.841. The van der Waals surface area contributed by atoms with Crippen LogP contribution in [0.5, 0.6) is 0 Å². The molecule has 0 aromatic heterocycles. The first-order valence-corrected chi connectivity index (χ1v) is 7.79. The van der Waals surface area contributed by atoms with Gasteiger partial charge in [-0.3, -0.25) is 4.79 Å². The highest BCUT2D eigenvalue weighted by atomic mass is 35.5. The van der Waals surface area contributed by atoms with Crippen LogP contribution in [0.1, 0.15) is 31.7 Å². The van der Waals surface area contributed by atoms with Gasteiger partial charge in [-0.1, -0.05) is 23.7 Å². The lowest BCUT2D eigenvalue weighted by Gasteiger charge is -2.26. The van der Waals surface area contributed by atoms with Crippen molar-refractivity contribution in [2.24, 2.45) is 0 Å². The summed E-state index contributed by atoms with van der Waals surface area (Å²) in [5, 5.41) is 0.684. The largest absolute Gasteiger partial charge is 0.456 e. The Morgan fingerprint density at radius 3 is 2.55 bits per heavy atom. The normalized spacial score (nSPS) is 17.7. The fourth-order valence-corrected chi connectivity index (χ4v) is 2.87. The Hall–Kier alpha value is -1.06. The van der Waals surface area contributed by atoms with Crippen molar-refractivity contribution < 1.29 is 14.4 Å². The number of carbonyl (C=O) groups is 1. The Labute approximate surface area is 125 Å². The van der Waals surface area contributed by atoms with Crippen LogP contribution in [0.25, 0.3) is 0 Å². The molecule has 110 valence electrons. The molecule has 0 aliphatic carbocycles. The molecule has 1 saturated heterocycles. The van der Waals surface area contributed by atoms with Gasteiger partial charge in [0.2, 0.25) is 0 Å². The summed E-state index contributed by atoms with van der Waals surface area (Å²) < 4.78 is 5.49. The zero-order chi connectivity index (χ0) is 14.4. The predicted molar refractivity (Wildman–Crippen MR) is 80.1 cm³/mol. The van der Waals surface area contributed by atoms with E-state index in [4.69, 9.17) is 16.3 Å². The summed E-state index contributed by atoms with van der Waals surface area (Å²) in [5.74, 6) is -0.156. The fraction of sp³-hybridized carbons (Fsp3) is 0.562. The molecule has 1 aliphatic heterocycles. The van der Waals surface area contributed by atoms with Crippen LogP contribution in [-0.4, -0.2) is 31.7 Å². The highest BCUT2D eigenvalue weighted by Crippen LogP contribution is 2.10. The van der Waals surface area contributed by atoms with Crippen LogP contribution >= 0.6 is 11.6 Å². The number of esters is 1. The van der Waals surface area contributed by atoms with E-state index < -0.39 is 0 Å². The predicted octanol–water partition coefficient (Wildman–Crippen LogP) is 1.88. The number of likely N-dealkylation sites (tertiary alicyclic amines) is 1. The van der Waals surface area contributed by atoms with E-state index in [1.54, 1.807) is 17.0 Å². The lowest BCUT2D eigenvalue weighted by atomic mass is 10.1. The van der Waals surface area contributed by atoms with Crippen LogP contribution in [0.15, 0.2) is 24.3 Å². The average Bonchev–Trinajstić information content (AvgIpc) is 2.42. The first-order chi connectivity index (χ1) is 9.63.